The first-order valence-corrected chi connectivity index (χ1v) is 9.61. The molecule has 0 heterocycles. The van der Waals surface area contributed by atoms with Gasteiger partial charge in [-0.05, 0) is 31.0 Å². The number of halogens is 2. The molecule has 1 aliphatic carbocycles. The number of carbonyl (C=O) groups is 3. The maximum Gasteiger partial charge on any atom is 0.268 e. The van der Waals surface area contributed by atoms with Crippen LogP contribution in [-0.2, 0) is 9.59 Å². The Bertz CT molecular complexity index is 840. The summed E-state index contributed by atoms with van der Waals surface area (Å²) < 4.78 is 14.8. The van der Waals surface area contributed by atoms with Crippen molar-refractivity contribution in [2.75, 3.05) is 7.05 Å². The molecule has 2 rings (SSSR count). The van der Waals surface area contributed by atoms with Gasteiger partial charge in [-0.25, -0.2) is 4.39 Å². The maximum atomic E-state index is 14.2. The Morgan fingerprint density at radius 2 is 1.89 bits per heavy atom. The molecule has 1 fully saturated rings. The van der Waals surface area contributed by atoms with E-state index in [1.165, 1.54) is 18.3 Å². The van der Waals surface area contributed by atoms with E-state index in [1.54, 1.807) is 13.1 Å². The SMILES string of the molecule is CN/C=C(/NC(=O)C1CCCCC1C(=O)c1ccc(Br)cc1F)C(=N)C(N)=O. The van der Waals surface area contributed by atoms with E-state index >= 15 is 0 Å². The number of ketones is 1. The Labute approximate surface area is 170 Å². The first-order chi connectivity index (χ1) is 13.3. The molecule has 0 saturated heterocycles. The van der Waals surface area contributed by atoms with Crippen molar-refractivity contribution < 1.29 is 18.8 Å². The zero-order valence-electron chi connectivity index (χ0n) is 15.4. The van der Waals surface area contributed by atoms with Crippen LogP contribution in [0.5, 0.6) is 0 Å². The van der Waals surface area contributed by atoms with E-state index < -0.39 is 41.0 Å². The Balaban J connectivity index is 2.25. The van der Waals surface area contributed by atoms with Gasteiger partial charge in [0.2, 0.25) is 5.91 Å². The number of hydrogen-bond acceptors (Lipinski definition) is 5. The monoisotopic (exact) mass is 452 g/mol. The molecule has 1 saturated carbocycles. The van der Waals surface area contributed by atoms with Gasteiger partial charge in [0.05, 0.1) is 11.3 Å². The molecule has 2 atom stereocenters. The van der Waals surface area contributed by atoms with Gasteiger partial charge in [-0.1, -0.05) is 28.8 Å². The second kappa shape index (κ2) is 9.59. The van der Waals surface area contributed by atoms with Crippen molar-refractivity contribution in [2.45, 2.75) is 25.7 Å². The average Bonchev–Trinajstić information content (AvgIpc) is 2.66. The van der Waals surface area contributed by atoms with Crippen LogP contribution in [0.2, 0.25) is 0 Å². The number of benzene rings is 1. The third-order valence-corrected chi connectivity index (χ3v) is 5.19. The topological polar surface area (TPSA) is 125 Å². The van der Waals surface area contributed by atoms with E-state index in [4.69, 9.17) is 11.1 Å². The van der Waals surface area contributed by atoms with Crippen molar-refractivity contribution in [3.63, 3.8) is 0 Å². The van der Waals surface area contributed by atoms with Crippen molar-refractivity contribution in [3.8, 4) is 0 Å². The van der Waals surface area contributed by atoms with Crippen LogP contribution in [0.15, 0.2) is 34.6 Å². The van der Waals surface area contributed by atoms with Crippen molar-refractivity contribution in [1.29, 1.82) is 5.41 Å². The van der Waals surface area contributed by atoms with Gasteiger partial charge in [0, 0.05) is 29.6 Å². The first-order valence-electron chi connectivity index (χ1n) is 8.82. The Kier molecular flexibility index (Phi) is 7.45. The van der Waals surface area contributed by atoms with Crippen LogP contribution in [0.1, 0.15) is 36.0 Å². The van der Waals surface area contributed by atoms with Crippen molar-refractivity contribution in [2.24, 2.45) is 17.6 Å². The highest BCUT2D eigenvalue weighted by Gasteiger charge is 2.37. The minimum atomic E-state index is -0.991. The summed E-state index contributed by atoms with van der Waals surface area (Å²) in [5.41, 5.74) is 4.43. The van der Waals surface area contributed by atoms with Gasteiger partial charge < -0.3 is 16.4 Å². The van der Waals surface area contributed by atoms with Crippen LogP contribution in [0.25, 0.3) is 0 Å². The lowest BCUT2D eigenvalue weighted by atomic mass is 9.75. The molecule has 0 bridgehead atoms. The van der Waals surface area contributed by atoms with Crippen LogP contribution >= 0.6 is 15.9 Å². The molecule has 28 heavy (non-hydrogen) atoms. The summed E-state index contributed by atoms with van der Waals surface area (Å²) in [5, 5.41) is 12.9. The van der Waals surface area contributed by atoms with Gasteiger partial charge in [-0.15, -0.1) is 0 Å². The number of primary amides is 1. The van der Waals surface area contributed by atoms with E-state index in [9.17, 15) is 18.8 Å². The fraction of sp³-hybridized carbons (Fsp3) is 0.368. The fourth-order valence-corrected chi connectivity index (χ4v) is 3.65. The number of amides is 2. The quantitative estimate of drug-likeness (QED) is 0.373. The highest BCUT2D eigenvalue weighted by atomic mass is 79.9. The standard InChI is InChI=1S/C19H22BrFN4O3/c1-24-9-15(16(22)18(23)27)25-19(28)12-5-3-2-4-11(12)17(26)13-7-6-10(20)8-14(13)21/h6-9,11-12,22,24H,2-5H2,1H3,(H2,23,27)(H,25,28)/b15-9+,22-16?. The second-order valence-electron chi connectivity index (χ2n) is 6.56. The summed E-state index contributed by atoms with van der Waals surface area (Å²) >= 11 is 3.16. The van der Waals surface area contributed by atoms with E-state index in [-0.39, 0.29) is 11.3 Å². The normalized spacial score (nSPS) is 19.6. The van der Waals surface area contributed by atoms with Crippen LogP contribution < -0.4 is 16.4 Å². The Hall–Kier alpha value is -2.55. The molecule has 1 aromatic carbocycles. The molecule has 0 aromatic heterocycles. The number of nitrogens with two attached hydrogens (primary N) is 1. The molecule has 150 valence electrons. The van der Waals surface area contributed by atoms with Crippen LogP contribution in [0.4, 0.5) is 4.39 Å². The second-order valence-corrected chi connectivity index (χ2v) is 7.48. The van der Waals surface area contributed by atoms with Gasteiger partial charge in [0.1, 0.15) is 11.5 Å². The molecule has 0 radical (unpaired) electrons. The summed E-state index contributed by atoms with van der Waals surface area (Å²) in [6, 6.07) is 4.20. The highest BCUT2D eigenvalue weighted by Crippen LogP contribution is 2.34. The Morgan fingerprint density at radius 1 is 1.25 bits per heavy atom. The molecule has 9 heteroatoms. The van der Waals surface area contributed by atoms with Gasteiger partial charge in [0.15, 0.2) is 5.78 Å². The zero-order valence-corrected chi connectivity index (χ0v) is 16.9. The molecule has 2 amide bonds. The average molecular weight is 453 g/mol. The molecule has 1 aliphatic rings. The lowest BCUT2D eigenvalue weighted by Crippen LogP contribution is -2.42. The van der Waals surface area contributed by atoms with E-state index in [0.717, 1.165) is 12.8 Å². The number of Topliss-reactive ketones (excluding diaryl/α,β-unsaturated/α-hetero) is 1. The number of hydrogen-bond donors (Lipinski definition) is 4. The molecular formula is C19H22BrFN4O3. The third kappa shape index (κ3) is 5.03. The molecular weight excluding hydrogens is 431 g/mol. The van der Waals surface area contributed by atoms with Gasteiger partial charge in [-0.2, -0.15) is 0 Å². The van der Waals surface area contributed by atoms with E-state index in [2.05, 4.69) is 26.6 Å². The molecule has 0 aliphatic heterocycles. The third-order valence-electron chi connectivity index (χ3n) is 4.70. The van der Waals surface area contributed by atoms with Crippen LogP contribution in [-0.4, -0.2) is 30.4 Å². The van der Waals surface area contributed by atoms with Gasteiger partial charge in [0.25, 0.3) is 5.91 Å². The number of carbonyl (C=O) groups excluding carboxylic acids is 3. The van der Waals surface area contributed by atoms with Gasteiger partial charge >= 0.3 is 0 Å². The van der Waals surface area contributed by atoms with Crippen LogP contribution in [0, 0.1) is 23.1 Å². The largest absolute Gasteiger partial charge is 0.392 e. The highest BCUT2D eigenvalue weighted by molar-refractivity contribution is 9.10. The molecule has 0 spiro atoms. The van der Waals surface area contributed by atoms with E-state index in [0.29, 0.717) is 17.3 Å². The first kappa shape index (κ1) is 21.7. The number of rotatable bonds is 7. The zero-order chi connectivity index (χ0) is 20.8. The van der Waals surface area contributed by atoms with Crippen molar-refractivity contribution in [1.82, 2.24) is 10.6 Å². The molecule has 5 N–H and O–H groups in total. The predicted molar refractivity (Wildman–Crippen MR) is 106 cm³/mol. The lowest BCUT2D eigenvalue weighted by molar-refractivity contribution is -0.126. The molecule has 7 nitrogen and oxygen atoms in total. The maximum absolute atomic E-state index is 14.2. The summed E-state index contributed by atoms with van der Waals surface area (Å²) in [4.78, 5) is 37.0. The Morgan fingerprint density at radius 3 is 2.46 bits per heavy atom. The molecule has 2 unspecified atom stereocenters. The minimum Gasteiger partial charge on any atom is -0.392 e. The smallest absolute Gasteiger partial charge is 0.268 e. The van der Waals surface area contributed by atoms with E-state index in [1.807, 2.05) is 0 Å². The predicted octanol–water partition coefficient (Wildman–Crippen LogP) is 2.26. The number of nitrogens with one attached hydrogen (secondary N) is 3. The van der Waals surface area contributed by atoms with Crippen molar-refractivity contribution >= 4 is 39.2 Å². The van der Waals surface area contributed by atoms with Crippen LogP contribution in [0.3, 0.4) is 0 Å². The summed E-state index contributed by atoms with van der Waals surface area (Å²) in [6.07, 6.45) is 3.71. The fourth-order valence-electron chi connectivity index (χ4n) is 3.32. The lowest BCUT2D eigenvalue weighted by Gasteiger charge is -2.30. The van der Waals surface area contributed by atoms with Crippen molar-refractivity contribution in [3.05, 3.63) is 45.9 Å². The van der Waals surface area contributed by atoms with Gasteiger partial charge in [-0.3, -0.25) is 19.8 Å². The minimum absolute atomic E-state index is 0.0521. The summed E-state index contributed by atoms with van der Waals surface area (Å²) in [7, 11) is 1.55. The summed E-state index contributed by atoms with van der Waals surface area (Å²) in [6.45, 7) is 0. The molecule has 1 aromatic rings. The summed E-state index contributed by atoms with van der Waals surface area (Å²) in [5.74, 6) is -3.92.